The number of carbonyl (C=O) groups excluding carboxylic acids is 1. The van der Waals surface area contributed by atoms with Crippen molar-refractivity contribution in [2.24, 2.45) is 0 Å². The normalized spacial score (nSPS) is 10.8. The van der Waals surface area contributed by atoms with Crippen molar-refractivity contribution >= 4 is 28.5 Å². The minimum absolute atomic E-state index is 0.105. The highest BCUT2D eigenvalue weighted by atomic mass is 32.1. The number of Topliss-reactive ketones (excluding diaryl/α,β-unsaturated/α-hetero) is 1. The number of benzene rings is 1. The fraction of sp³-hybridized carbons (Fsp3) is 0.188. The van der Waals surface area contributed by atoms with Gasteiger partial charge in [-0.2, -0.15) is 0 Å². The third-order valence-electron chi connectivity index (χ3n) is 3.10. The number of hydrogen-bond acceptors (Lipinski definition) is 5. The number of thiazole rings is 2. The van der Waals surface area contributed by atoms with Crippen molar-refractivity contribution in [3.63, 3.8) is 0 Å². The van der Waals surface area contributed by atoms with Gasteiger partial charge in [0.1, 0.15) is 5.01 Å². The van der Waals surface area contributed by atoms with Gasteiger partial charge in [-0.05, 0) is 13.8 Å². The fourth-order valence-electron chi connectivity index (χ4n) is 2.13. The Morgan fingerprint density at radius 3 is 2.57 bits per heavy atom. The van der Waals surface area contributed by atoms with Crippen LogP contribution in [0.3, 0.4) is 0 Å². The van der Waals surface area contributed by atoms with E-state index in [-0.39, 0.29) is 5.78 Å². The largest absolute Gasteiger partial charge is 0.294 e. The lowest BCUT2D eigenvalue weighted by Gasteiger charge is -1.97. The molecule has 2 aromatic heterocycles. The maximum Gasteiger partial charge on any atom is 0.169 e. The average molecular weight is 314 g/mol. The van der Waals surface area contributed by atoms with Crippen LogP contribution in [0.1, 0.15) is 26.1 Å². The van der Waals surface area contributed by atoms with Gasteiger partial charge >= 0.3 is 0 Å². The predicted molar refractivity (Wildman–Crippen MR) is 87.2 cm³/mol. The summed E-state index contributed by atoms with van der Waals surface area (Å²) in [4.78, 5) is 22.3. The molecule has 2 heterocycles. The maximum absolute atomic E-state index is 12.2. The molecule has 3 rings (SSSR count). The quantitative estimate of drug-likeness (QED) is 0.674. The number of aryl methyl sites for hydroxylation is 2. The van der Waals surface area contributed by atoms with Crippen molar-refractivity contribution in [3.8, 4) is 10.6 Å². The Morgan fingerprint density at radius 1 is 1.14 bits per heavy atom. The van der Waals surface area contributed by atoms with Gasteiger partial charge in [0.15, 0.2) is 5.78 Å². The molecule has 0 amide bonds. The lowest BCUT2D eigenvalue weighted by molar-refractivity contribution is 0.0993. The lowest BCUT2D eigenvalue weighted by Crippen LogP contribution is -2.02. The van der Waals surface area contributed by atoms with E-state index < -0.39 is 0 Å². The zero-order valence-corrected chi connectivity index (χ0v) is 13.4. The summed E-state index contributed by atoms with van der Waals surface area (Å²) >= 11 is 3.18. The molecule has 0 saturated carbocycles. The number of nitrogens with zero attached hydrogens (tertiary/aromatic N) is 2. The Morgan fingerprint density at radius 2 is 1.90 bits per heavy atom. The zero-order valence-electron chi connectivity index (χ0n) is 11.8. The number of aromatic nitrogens is 2. The van der Waals surface area contributed by atoms with E-state index in [1.807, 2.05) is 49.6 Å². The van der Waals surface area contributed by atoms with E-state index >= 15 is 0 Å². The Bertz CT molecular complexity index is 775. The summed E-state index contributed by atoms with van der Waals surface area (Å²) in [5.41, 5.74) is 2.67. The molecule has 0 N–H and O–H groups in total. The second-order valence-electron chi connectivity index (χ2n) is 4.74. The molecule has 21 heavy (non-hydrogen) atoms. The highest BCUT2D eigenvalue weighted by Crippen LogP contribution is 2.30. The first-order chi connectivity index (χ1) is 10.1. The van der Waals surface area contributed by atoms with Crippen molar-refractivity contribution in [1.29, 1.82) is 0 Å². The predicted octanol–water partition coefficient (Wildman–Crippen LogP) is 4.31. The summed E-state index contributed by atoms with van der Waals surface area (Å²) in [7, 11) is 0. The molecular weight excluding hydrogens is 300 g/mol. The van der Waals surface area contributed by atoms with Gasteiger partial charge in [0.2, 0.25) is 0 Å². The Kier molecular flexibility index (Phi) is 3.94. The van der Waals surface area contributed by atoms with E-state index in [2.05, 4.69) is 9.97 Å². The fourth-order valence-corrected chi connectivity index (χ4v) is 3.87. The molecule has 0 radical (unpaired) electrons. The monoisotopic (exact) mass is 314 g/mol. The van der Waals surface area contributed by atoms with Crippen LogP contribution in [0.15, 0.2) is 35.7 Å². The molecule has 3 nitrogen and oxygen atoms in total. The summed E-state index contributed by atoms with van der Waals surface area (Å²) in [5.74, 6) is 0.105. The molecule has 3 aromatic rings. The Hall–Kier alpha value is -1.85. The van der Waals surface area contributed by atoms with Crippen molar-refractivity contribution in [3.05, 3.63) is 57.0 Å². The number of hydrogen-bond donors (Lipinski definition) is 0. The van der Waals surface area contributed by atoms with Crippen LogP contribution in [-0.2, 0) is 6.42 Å². The van der Waals surface area contributed by atoms with Gasteiger partial charge < -0.3 is 0 Å². The van der Waals surface area contributed by atoms with Crippen LogP contribution < -0.4 is 0 Å². The van der Waals surface area contributed by atoms with Crippen LogP contribution in [0.5, 0.6) is 0 Å². The van der Waals surface area contributed by atoms with Gasteiger partial charge in [0.05, 0.1) is 27.7 Å². The third-order valence-corrected chi connectivity index (χ3v) is 5.04. The summed E-state index contributed by atoms with van der Waals surface area (Å²) in [6.45, 7) is 3.99. The summed E-state index contributed by atoms with van der Waals surface area (Å²) < 4.78 is 0. The van der Waals surface area contributed by atoms with Gasteiger partial charge in [-0.25, -0.2) is 9.97 Å². The zero-order chi connectivity index (χ0) is 14.8. The molecule has 0 fully saturated rings. The minimum Gasteiger partial charge on any atom is -0.294 e. The van der Waals surface area contributed by atoms with Crippen LogP contribution in [0.4, 0.5) is 0 Å². The second-order valence-corrected chi connectivity index (χ2v) is 6.89. The molecular formula is C16H14N2OS2. The van der Waals surface area contributed by atoms with E-state index in [1.165, 1.54) is 11.3 Å². The highest BCUT2D eigenvalue weighted by molar-refractivity contribution is 7.16. The SMILES string of the molecule is Cc1nc(C)c(-c2csc(CC(=O)c3ccccc3)n2)s1. The molecule has 5 heteroatoms. The molecule has 0 bridgehead atoms. The average Bonchev–Trinajstić information content (AvgIpc) is 3.06. The topological polar surface area (TPSA) is 42.9 Å². The third kappa shape index (κ3) is 3.09. The van der Waals surface area contributed by atoms with Crippen molar-refractivity contribution in [2.45, 2.75) is 20.3 Å². The standard InChI is InChI=1S/C16H14N2OS2/c1-10-16(21-11(2)17-10)13-9-20-15(18-13)8-14(19)12-6-4-3-5-7-12/h3-7,9H,8H2,1-2H3. The molecule has 0 unspecified atom stereocenters. The number of ketones is 1. The van der Waals surface area contributed by atoms with Gasteiger partial charge in [0, 0.05) is 10.9 Å². The van der Waals surface area contributed by atoms with E-state index in [0.717, 1.165) is 31.8 Å². The van der Waals surface area contributed by atoms with Crippen LogP contribution in [0.2, 0.25) is 0 Å². The number of rotatable bonds is 4. The van der Waals surface area contributed by atoms with Gasteiger partial charge in [-0.15, -0.1) is 22.7 Å². The summed E-state index contributed by atoms with van der Waals surface area (Å²) in [6, 6.07) is 9.35. The smallest absolute Gasteiger partial charge is 0.169 e. The molecule has 106 valence electrons. The maximum atomic E-state index is 12.2. The van der Waals surface area contributed by atoms with Gasteiger partial charge in [-0.1, -0.05) is 30.3 Å². The molecule has 0 saturated heterocycles. The lowest BCUT2D eigenvalue weighted by atomic mass is 10.1. The van der Waals surface area contributed by atoms with E-state index in [4.69, 9.17) is 0 Å². The summed E-state index contributed by atoms with van der Waals surface area (Å²) in [6.07, 6.45) is 0.353. The number of carbonyl (C=O) groups is 1. The first kappa shape index (κ1) is 14.1. The van der Waals surface area contributed by atoms with Crippen LogP contribution in [-0.4, -0.2) is 15.8 Å². The van der Waals surface area contributed by atoms with Crippen molar-refractivity contribution in [2.75, 3.05) is 0 Å². The summed E-state index contributed by atoms with van der Waals surface area (Å²) in [5, 5.41) is 3.90. The van der Waals surface area contributed by atoms with Crippen LogP contribution >= 0.6 is 22.7 Å². The first-order valence-electron chi connectivity index (χ1n) is 6.60. The molecule has 0 aliphatic heterocycles. The Labute approximate surface area is 131 Å². The molecule has 0 aliphatic carbocycles. The second kappa shape index (κ2) is 5.87. The molecule has 0 spiro atoms. The minimum atomic E-state index is 0.105. The van der Waals surface area contributed by atoms with E-state index in [9.17, 15) is 4.79 Å². The first-order valence-corrected chi connectivity index (χ1v) is 8.30. The van der Waals surface area contributed by atoms with Crippen molar-refractivity contribution < 1.29 is 4.79 Å². The highest BCUT2D eigenvalue weighted by Gasteiger charge is 2.14. The van der Waals surface area contributed by atoms with Crippen molar-refractivity contribution in [1.82, 2.24) is 9.97 Å². The molecule has 1 aromatic carbocycles. The van der Waals surface area contributed by atoms with E-state index in [0.29, 0.717) is 6.42 Å². The molecule has 0 atom stereocenters. The Balaban J connectivity index is 1.80. The molecule has 0 aliphatic rings. The van der Waals surface area contributed by atoms with Gasteiger partial charge in [0.25, 0.3) is 0 Å². The van der Waals surface area contributed by atoms with E-state index in [1.54, 1.807) is 11.3 Å². The van der Waals surface area contributed by atoms with Gasteiger partial charge in [-0.3, -0.25) is 4.79 Å². The van der Waals surface area contributed by atoms with Crippen LogP contribution in [0, 0.1) is 13.8 Å². The van der Waals surface area contributed by atoms with Crippen LogP contribution in [0.25, 0.3) is 10.6 Å².